The van der Waals surface area contributed by atoms with Gasteiger partial charge in [0.1, 0.15) is 5.82 Å². The molecule has 4 rings (SSSR count). The molecular weight excluding hydrogens is 457 g/mol. The smallest absolute Gasteiger partial charge is 0.211 e. The molecule has 0 unspecified atom stereocenters. The second-order valence-electron chi connectivity index (χ2n) is 7.35. The molecular formula is C24H27Cl2N7. The molecule has 2 heterocycles. The van der Waals surface area contributed by atoms with E-state index < -0.39 is 0 Å². The van der Waals surface area contributed by atoms with E-state index in [2.05, 4.69) is 74.7 Å². The van der Waals surface area contributed by atoms with Crippen LogP contribution in [-0.2, 0) is 13.1 Å². The second-order valence-corrected chi connectivity index (χ2v) is 7.35. The van der Waals surface area contributed by atoms with Gasteiger partial charge in [0, 0.05) is 18.5 Å². The lowest BCUT2D eigenvalue weighted by Crippen LogP contribution is -2.23. The Morgan fingerprint density at radius 2 is 1.45 bits per heavy atom. The summed E-state index contributed by atoms with van der Waals surface area (Å²) in [6, 6.07) is 25.0. The van der Waals surface area contributed by atoms with E-state index in [1.165, 1.54) is 11.1 Å². The molecule has 33 heavy (non-hydrogen) atoms. The van der Waals surface area contributed by atoms with E-state index in [-0.39, 0.29) is 30.8 Å². The van der Waals surface area contributed by atoms with Crippen LogP contribution in [0.1, 0.15) is 23.7 Å². The van der Waals surface area contributed by atoms with E-state index in [0.717, 1.165) is 35.5 Å². The van der Waals surface area contributed by atoms with Crippen LogP contribution >= 0.6 is 24.8 Å². The molecule has 0 saturated carbocycles. The van der Waals surface area contributed by atoms with Gasteiger partial charge in [-0.1, -0.05) is 60.7 Å². The Morgan fingerprint density at radius 3 is 2.00 bits per heavy atom. The number of benzene rings is 2. The van der Waals surface area contributed by atoms with Crippen molar-refractivity contribution in [3.63, 3.8) is 0 Å². The van der Waals surface area contributed by atoms with Gasteiger partial charge in [-0.3, -0.25) is 0 Å². The van der Waals surface area contributed by atoms with Crippen LogP contribution in [0, 0.1) is 0 Å². The molecule has 0 atom stereocenters. The fraction of sp³-hybridized carbons (Fsp3) is 0.125. The number of nitrogens with one attached hydrogen (secondary N) is 1. The molecule has 0 radical (unpaired) electrons. The number of pyridine rings is 1. The predicted octanol–water partition coefficient (Wildman–Crippen LogP) is 4.61. The van der Waals surface area contributed by atoms with Crippen LogP contribution in [0.4, 0.5) is 5.82 Å². The van der Waals surface area contributed by atoms with Gasteiger partial charge in [0.15, 0.2) is 0 Å². The highest BCUT2D eigenvalue weighted by atomic mass is 35.5. The quantitative estimate of drug-likeness (QED) is 0.202. The van der Waals surface area contributed by atoms with Crippen LogP contribution in [0.2, 0.25) is 0 Å². The number of H-pyrrole nitrogens is 1. The number of hydrogen-bond acceptors (Lipinski definition) is 4. The van der Waals surface area contributed by atoms with Crippen molar-refractivity contribution in [2.45, 2.75) is 20.0 Å². The average Bonchev–Trinajstić information content (AvgIpc) is 3.22. The number of rotatable bonds is 7. The molecule has 0 fully saturated rings. The highest BCUT2D eigenvalue weighted by Crippen LogP contribution is 2.24. The Bertz CT molecular complexity index is 1180. The van der Waals surface area contributed by atoms with Crippen LogP contribution in [0.15, 0.2) is 89.2 Å². The van der Waals surface area contributed by atoms with Crippen LogP contribution < -0.4 is 16.4 Å². The maximum Gasteiger partial charge on any atom is 0.211 e. The van der Waals surface area contributed by atoms with Crippen molar-refractivity contribution in [3.8, 4) is 0 Å². The molecule has 7 nitrogen and oxygen atoms in total. The van der Waals surface area contributed by atoms with Crippen molar-refractivity contribution < 1.29 is 0 Å². The summed E-state index contributed by atoms with van der Waals surface area (Å²) in [4.78, 5) is 10.3. The number of halogens is 2. The number of anilines is 1. The number of fused-ring (bicyclic) bond motifs is 1. The zero-order valence-corrected chi connectivity index (χ0v) is 19.8. The summed E-state index contributed by atoms with van der Waals surface area (Å²) in [5.41, 5.74) is 15.7. The topological polar surface area (TPSA) is 109 Å². The Kier molecular flexibility index (Phi) is 9.27. The number of guanidine groups is 1. The van der Waals surface area contributed by atoms with Gasteiger partial charge in [0.2, 0.25) is 5.96 Å². The van der Waals surface area contributed by atoms with E-state index in [1.807, 2.05) is 31.3 Å². The predicted molar refractivity (Wildman–Crippen MR) is 141 cm³/mol. The van der Waals surface area contributed by atoms with Gasteiger partial charge in [0.05, 0.1) is 23.1 Å². The first-order valence-corrected chi connectivity index (χ1v) is 10.0. The molecule has 5 N–H and O–H groups in total. The second kappa shape index (κ2) is 11.9. The molecule has 0 aliphatic carbocycles. The first-order chi connectivity index (χ1) is 15.1. The first-order valence-electron chi connectivity index (χ1n) is 10.0. The standard InChI is InChI=1S/C24H25N7.2ClH/c1-17(29-30-24(25)26)21-12-20-13-23(27-14-22(20)28-21)31(15-18-8-4-2-5-9-18)16-19-10-6-3-7-11-19;;/h2-14,28H,15-16H2,1H3,(H4,25,26,30);2*1H. The number of nitrogens with zero attached hydrogens (tertiary/aromatic N) is 4. The van der Waals surface area contributed by atoms with E-state index in [0.29, 0.717) is 5.71 Å². The maximum atomic E-state index is 5.37. The lowest BCUT2D eigenvalue weighted by atomic mass is 10.1. The molecule has 9 heteroatoms. The Hall–Kier alpha value is -3.55. The van der Waals surface area contributed by atoms with E-state index in [9.17, 15) is 0 Å². The van der Waals surface area contributed by atoms with E-state index >= 15 is 0 Å². The minimum atomic E-state index is -0.0723. The zero-order valence-electron chi connectivity index (χ0n) is 18.2. The van der Waals surface area contributed by atoms with Crippen LogP contribution in [-0.4, -0.2) is 21.6 Å². The van der Waals surface area contributed by atoms with Crippen LogP contribution in [0.3, 0.4) is 0 Å². The summed E-state index contributed by atoms with van der Waals surface area (Å²) in [6.45, 7) is 3.37. The largest absolute Gasteiger partial charge is 0.369 e. The van der Waals surface area contributed by atoms with Crippen molar-refractivity contribution in [1.29, 1.82) is 0 Å². The fourth-order valence-corrected chi connectivity index (χ4v) is 3.40. The summed E-state index contributed by atoms with van der Waals surface area (Å²) < 4.78 is 0. The molecule has 0 amide bonds. The molecule has 4 aromatic rings. The Balaban J connectivity index is 0.00000193. The van der Waals surface area contributed by atoms with Crippen molar-refractivity contribution in [2.24, 2.45) is 21.7 Å². The average molecular weight is 484 g/mol. The zero-order chi connectivity index (χ0) is 21.6. The normalized spacial score (nSPS) is 10.8. The third-order valence-electron chi connectivity index (χ3n) is 4.95. The van der Waals surface area contributed by atoms with Crippen molar-refractivity contribution >= 4 is 53.2 Å². The van der Waals surface area contributed by atoms with Gasteiger partial charge in [0.25, 0.3) is 0 Å². The molecule has 0 spiro atoms. The molecule has 2 aromatic heterocycles. The summed E-state index contributed by atoms with van der Waals surface area (Å²) >= 11 is 0. The van der Waals surface area contributed by atoms with Gasteiger partial charge in [-0.25, -0.2) is 4.98 Å². The van der Waals surface area contributed by atoms with Gasteiger partial charge < -0.3 is 21.4 Å². The van der Waals surface area contributed by atoms with Crippen LogP contribution in [0.5, 0.6) is 0 Å². The minimum absolute atomic E-state index is 0. The Morgan fingerprint density at radius 1 is 0.879 bits per heavy atom. The Labute approximate surface area is 205 Å². The van der Waals surface area contributed by atoms with Crippen molar-refractivity contribution in [3.05, 3.63) is 95.8 Å². The van der Waals surface area contributed by atoms with E-state index in [4.69, 9.17) is 16.5 Å². The number of nitrogens with two attached hydrogens (primary N) is 2. The van der Waals surface area contributed by atoms with Gasteiger partial charge in [-0.2, -0.15) is 5.10 Å². The number of hydrogen-bond donors (Lipinski definition) is 3. The van der Waals surface area contributed by atoms with Gasteiger partial charge in [-0.05, 0) is 30.2 Å². The van der Waals surface area contributed by atoms with Gasteiger partial charge in [-0.15, -0.1) is 29.9 Å². The lowest BCUT2D eigenvalue weighted by molar-refractivity contribution is 0.785. The highest BCUT2D eigenvalue weighted by Gasteiger charge is 2.12. The van der Waals surface area contributed by atoms with E-state index in [1.54, 1.807) is 0 Å². The first kappa shape index (κ1) is 25.7. The molecule has 0 saturated heterocycles. The summed E-state index contributed by atoms with van der Waals surface area (Å²) in [6.07, 6.45) is 1.85. The molecule has 2 aromatic carbocycles. The third kappa shape index (κ3) is 6.71. The molecule has 0 bridgehead atoms. The SMILES string of the molecule is CC(=NN=C(N)N)c1cc2cc(N(Cc3ccccc3)Cc3ccccc3)ncc2[nH]1.Cl.Cl. The third-order valence-corrected chi connectivity index (χ3v) is 4.95. The number of aromatic nitrogens is 2. The molecule has 172 valence electrons. The molecule has 0 aliphatic rings. The monoisotopic (exact) mass is 483 g/mol. The minimum Gasteiger partial charge on any atom is -0.369 e. The maximum absolute atomic E-state index is 5.37. The summed E-state index contributed by atoms with van der Waals surface area (Å²) in [5.74, 6) is 0.835. The lowest BCUT2D eigenvalue weighted by Gasteiger charge is -2.24. The van der Waals surface area contributed by atoms with Crippen molar-refractivity contribution in [1.82, 2.24) is 9.97 Å². The number of aromatic amines is 1. The fourth-order valence-electron chi connectivity index (χ4n) is 3.40. The molecule has 0 aliphatic heterocycles. The summed E-state index contributed by atoms with van der Waals surface area (Å²) in [5, 5.41) is 8.82. The summed E-state index contributed by atoms with van der Waals surface area (Å²) in [7, 11) is 0. The highest BCUT2D eigenvalue weighted by molar-refractivity contribution is 6.01. The van der Waals surface area contributed by atoms with Gasteiger partial charge >= 0.3 is 0 Å². The van der Waals surface area contributed by atoms with Crippen molar-refractivity contribution in [2.75, 3.05) is 4.90 Å². The van der Waals surface area contributed by atoms with Crippen LogP contribution in [0.25, 0.3) is 10.9 Å².